The summed E-state index contributed by atoms with van der Waals surface area (Å²) in [6.07, 6.45) is 3.00. The molecule has 0 aliphatic carbocycles. The Hall–Kier alpha value is -1.81. The van der Waals surface area contributed by atoms with E-state index in [9.17, 15) is 9.90 Å². The summed E-state index contributed by atoms with van der Waals surface area (Å²) in [6, 6.07) is 4.37. The van der Waals surface area contributed by atoms with E-state index in [4.69, 9.17) is 5.11 Å². The monoisotopic (exact) mass is 208 g/mol. The fourth-order valence-electron chi connectivity index (χ4n) is 1.11. The number of rotatable bonds is 3. The smallest absolute Gasteiger partial charge is 0.337 e. The van der Waals surface area contributed by atoms with Gasteiger partial charge >= 0.3 is 5.97 Å². The Kier molecular flexibility index (Phi) is 3.88. The molecule has 0 saturated carbocycles. The Balaban J connectivity index is 3.05. The first-order valence-electron chi connectivity index (χ1n) is 4.37. The predicted octanol–water partition coefficient (Wildman–Crippen LogP) is 1.18. The van der Waals surface area contributed by atoms with E-state index in [1.807, 2.05) is 0 Å². The lowest BCUT2D eigenvalue weighted by Crippen LogP contribution is -2.00. The van der Waals surface area contributed by atoms with Crippen LogP contribution in [0.15, 0.2) is 24.3 Å². The van der Waals surface area contributed by atoms with Gasteiger partial charge in [0.2, 0.25) is 0 Å². The van der Waals surface area contributed by atoms with Crippen molar-refractivity contribution in [3.8, 4) is 5.75 Å². The van der Waals surface area contributed by atoms with E-state index in [0.29, 0.717) is 11.1 Å². The van der Waals surface area contributed by atoms with Gasteiger partial charge in [0, 0.05) is 5.56 Å². The number of carbonyl (C=O) groups is 1. The minimum absolute atomic E-state index is 0.0485. The van der Waals surface area contributed by atoms with Crippen LogP contribution in [0.1, 0.15) is 15.9 Å². The standard InChI is InChI=1S/C11H12O4/c1-15-11(14)9-4-5-10(13)8(7-9)3-2-6-12/h2-5,7,12-13H,6H2,1H3. The van der Waals surface area contributed by atoms with Crippen LogP contribution in [0.25, 0.3) is 6.08 Å². The minimum atomic E-state index is -0.464. The fraction of sp³-hybridized carbons (Fsp3) is 0.182. The number of benzene rings is 1. The quantitative estimate of drug-likeness (QED) is 0.732. The van der Waals surface area contributed by atoms with Crippen LogP contribution in [0.5, 0.6) is 5.75 Å². The molecular formula is C11H12O4. The highest BCUT2D eigenvalue weighted by Crippen LogP contribution is 2.20. The van der Waals surface area contributed by atoms with E-state index in [1.165, 1.54) is 37.5 Å². The van der Waals surface area contributed by atoms with Gasteiger partial charge in [-0.15, -0.1) is 0 Å². The van der Waals surface area contributed by atoms with Gasteiger partial charge in [0.25, 0.3) is 0 Å². The predicted molar refractivity (Wildman–Crippen MR) is 55.6 cm³/mol. The van der Waals surface area contributed by atoms with Gasteiger partial charge in [0.05, 0.1) is 19.3 Å². The molecular weight excluding hydrogens is 196 g/mol. The molecule has 0 atom stereocenters. The van der Waals surface area contributed by atoms with Crippen LogP contribution in [-0.2, 0) is 4.74 Å². The van der Waals surface area contributed by atoms with Crippen molar-refractivity contribution in [3.05, 3.63) is 35.4 Å². The zero-order chi connectivity index (χ0) is 11.3. The number of ether oxygens (including phenoxy) is 1. The van der Waals surface area contributed by atoms with E-state index < -0.39 is 5.97 Å². The van der Waals surface area contributed by atoms with Crippen LogP contribution in [0, 0.1) is 0 Å². The van der Waals surface area contributed by atoms with Crippen LogP contribution in [0.4, 0.5) is 0 Å². The summed E-state index contributed by atoms with van der Waals surface area (Å²) >= 11 is 0. The van der Waals surface area contributed by atoms with Crippen LogP contribution in [0.3, 0.4) is 0 Å². The zero-order valence-electron chi connectivity index (χ0n) is 8.30. The van der Waals surface area contributed by atoms with Gasteiger partial charge in [0.1, 0.15) is 5.75 Å². The van der Waals surface area contributed by atoms with Gasteiger partial charge in [-0.2, -0.15) is 0 Å². The Labute approximate surface area is 87.4 Å². The number of aromatic hydroxyl groups is 1. The van der Waals surface area contributed by atoms with Crippen molar-refractivity contribution in [3.63, 3.8) is 0 Å². The molecule has 0 spiro atoms. The second-order valence-electron chi connectivity index (χ2n) is 2.85. The maximum atomic E-state index is 11.2. The van der Waals surface area contributed by atoms with Gasteiger partial charge in [0.15, 0.2) is 0 Å². The molecule has 4 heteroatoms. The molecule has 0 aliphatic heterocycles. The number of hydrogen-bond donors (Lipinski definition) is 2. The first-order chi connectivity index (χ1) is 7.19. The third kappa shape index (κ3) is 2.82. The summed E-state index contributed by atoms with van der Waals surface area (Å²) in [5, 5.41) is 18.0. The summed E-state index contributed by atoms with van der Waals surface area (Å²) in [5.74, 6) is -0.416. The summed E-state index contributed by atoms with van der Waals surface area (Å²) in [7, 11) is 1.29. The normalized spacial score (nSPS) is 10.5. The molecule has 1 aromatic rings. The van der Waals surface area contributed by atoms with Crippen molar-refractivity contribution in [2.24, 2.45) is 0 Å². The molecule has 15 heavy (non-hydrogen) atoms. The van der Waals surface area contributed by atoms with Crippen LogP contribution >= 0.6 is 0 Å². The highest BCUT2D eigenvalue weighted by atomic mass is 16.5. The molecule has 0 aromatic heterocycles. The fourth-order valence-corrected chi connectivity index (χ4v) is 1.11. The third-order valence-corrected chi connectivity index (χ3v) is 1.85. The van der Waals surface area contributed by atoms with E-state index in [-0.39, 0.29) is 12.4 Å². The van der Waals surface area contributed by atoms with E-state index in [2.05, 4.69) is 4.74 Å². The summed E-state index contributed by atoms with van der Waals surface area (Å²) < 4.78 is 4.54. The summed E-state index contributed by atoms with van der Waals surface area (Å²) in [6.45, 7) is -0.123. The molecule has 0 radical (unpaired) electrons. The SMILES string of the molecule is COC(=O)c1ccc(O)c(C=CCO)c1. The van der Waals surface area contributed by atoms with Crippen molar-refractivity contribution in [1.82, 2.24) is 0 Å². The van der Waals surface area contributed by atoms with Gasteiger partial charge in [-0.05, 0) is 18.2 Å². The highest BCUT2D eigenvalue weighted by Gasteiger charge is 2.07. The highest BCUT2D eigenvalue weighted by molar-refractivity contribution is 5.90. The van der Waals surface area contributed by atoms with E-state index in [1.54, 1.807) is 0 Å². The average Bonchev–Trinajstić information content (AvgIpc) is 2.27. The molecule has 0 unspecified atom stereocenters. The van der Waals surface area contributed by atoms with Crippen LogP contribution in [-0.4, -0.2) is 29.9 Å². The summed E-state index contributed by atoms with van der Waals surface area (Å²) in [4.78, 5) is 11.2. The van der Waals surface area contributed by atoms with Crippen molar-refractivity contribution in [2.75, 3.05) is 13.7 Å². The molecule has 0 bridgehead atoms. The molecule has 0 heterocycles. The van der Waals surface area contributed by atoms with Crippen molar-refractivity contribution in [2.45, 2.75) is 0 Å². The Morgan fingerprint density at radius 2 is 2.27 bits per heavy atom. The Morgan fingerprint density at radius 1 is 1.53 bits per heavy atom. The molecule has 0 amide bonds. The number of aliphatic hydroxyl groups is 1. The zero-order valence-corrected chi connectivity index (χ0v) is 8.30. The third-order valence-electron chi connectivity index (χ3n) is 1.85. The number of hydrogen-bond acceptors (Lipinski definition) is 4. The largest absolute Gasteiger partial charge is 0.507 e. The molecule has 1 aromatic carbocycles. The van der Waals surface area contributed by atoms with Crippen molar-refractivity contribution >= 4 is 12.0 Å². The Morgan fingerprint density at radius 3 is 2.87 bits per heavy atom. The summed E-state index contributed by atoms with van der Waals surface area (Å²) in [5.41, 5.74) is 0.819. The topological polar surface area (TPSA) is 66.8 Å². The van der Waals surface area contributed by atoms with Gasteiger partial charge < -0.3 is 14.9 Å². The first kappa shape index (κ1) is 11.3. The number of aliphatic hydroxyl groups excluding tert-OH is 1. The van der Waals surface area contributed by atoms with Gasteiger partial charge in [-0.3, -0.25) is 0 Å². The molecule has 2 N–H and O–H groups in total. The van der Waals surface area contributed by atoms with Crippen LogP contribution in [0.2, 0.25) is 0 Å². The molecule has 0 saturated heterocycles. The average molecular weight is 208 g/mol. The number of methoxy groups -OCH3 is 1. The maximum absolute atomic E-state index is 11.2. The first-order valence-corrected chi connectivity index (χ1v) is 4.37. The molecule has 1 rings (SSSR count). The lowest BCUT2D eigenvalue weighted by atomic mass is 10.1. The second-order valence-corrected chi connectivity index (χ2v) is 2.85. The second kappa shape index (κ2) is 5.17. The van der Waals surface area contributed by atoms with Crippen molar-refractivity contribution < 1.29 is 19.7 Å². The number of phenols is 1. The lowest BCUT2D eigenvalue weighted by molar-refractivity contribution is 0.0600. The minimum Gasteiger partial charge on any atom is -0.507 e. The van der Waals surface area contributed by atoms with E-state index >= 15 is 0 Å². The Bertz CT molecular complexity index is 382. The van der Waals surface area contributed by atoms with E-state index in [0.717, 1.165) is 0 Å². The maximum Gasteiger partial charge on any atom is 0.337 e. The molecule has 80 valence electrons. The van der Waals surface area contributed by atoms with Crippen LogP contribution < -0.4 is 0 Å². The number of phenolic OH excluding ortho intramolecular Hbond substituents is 1. The van der Waals surface area contributed by atoms with Gasteiger partial charge in [-0.1, -0.05) is 12.2 Å². The molecule has 0 fully saturated rings. The van der Waals surface area contributed by atoms with Crippen molar-refractivity contribution in [1.29, 1.82) is 0 Å². The number of esters is 1. The molecule has 0 aliphatic rings. The number of carbonyl (C=O) groups excluding carboxylic acids is 1. The lowest BCUT2D eigenvalue weighted by Gasteiger charge is -2.02. The van der Waals surface area contributed by atoms with Gasteiger partial charge in [-0.25, -0.2) is 4.79 Å². The molecule has 4 nitrogen and oxygen atoms in total.